The van der Waals surface area contributed by atoms with Crippen LogP contribution < -0.4 is 4.74 Å². The standard InChI is InChI=1S/C23H20N4O2S/c1-29-21-10-6-5-9-19(21)20(28)16-30-23-26-25-22(18-11-13-24-14-12-18)27(23)15-17-7-3-2-4-8-17/h2-14H,15-16H2,1H3. The molecule has 0 saturated heterocycles. The second kappa shape index (κ2) is 9.37. The molecule has 0 aliphatic rings. The van der Waals surface area contributed by atoms with Crippen LogP contribution >= 0.6 is 11.8 Å². The summed E-state index contributed by atoms with van der Waals surface area (Å²) in [5, 5.41) is 9.45. The van der Waals surface area contributed by atoms with Gasteiger partial charge in [0.25, 0.3) is 0 Å². The van der Waals surface area contributed by atoms with Crippen LogP contribution in [0.15, 0.2) is 84.3 Å². The number of hydrogen-bond donors (Lipinski definition) is 0. The number of para-hydroxylation sites is 1. The highest BCUT2D eigenvalue weighted by Gasteiger charge is 2.18. The maximum Gasteiger partial charge on any atom is 0.192 e. The Balaban J connectivity index is 1.61. The van der Waals surface area contributed by atoms with Crippen LogP contribution in [-0.2, 0) is 6.54 Å². The van der Waals surface area contributed by atoms with Crippen molar-refractivity contribution in [1.29, 1.82) is 0 Å². The first kappa shape index (κ1) is 19.8. The highest BCUT2D eigenvalue weighted by atomic mass is 32.2. The first-order valence-electron chi connectivity index (χ1n) is 9.43. The summed E-state index contributed by atoms with van der Waals surface area (Å²) < 4.78 is 7.35. The van der Waals surface area contributed by atoms with Gasteiger partial charge >= 0.3 is 0 Å². The summed E-state index contributed by atoms with van der Waals surface area (Å²) >= 11 is 1.37. The number of aromatic nitrogens is 4. The van der Waals surface area contributed by atoms with Crippen molar-refractivity contribution < 1.29 is 9.53 Å². The van der Waals surface area contributed by atoms with Gasteiger partial charge < -0.3 is 4.74 Å². The van der Waals surface area contributed by atoms with Gasteiger partial charge in [-0.1, -0.05) is 54.2 Å². The van der Waals surface area contributed by atoms with Gasteiger partial charge in [0.05, 0.1) is 25.0 Å². The molecule has 0 N–H and O–H groups in total. The number of methoxy groups -OCH3 is 1. The number of ketones is 1. The number of carbonyl (C=O) groups is 1. The first-order valence-corrected chi connectivity index (χ1v) is 10.4. The normalized spacial score (nSPS) is 10.7. The Morgan fingerprint density at radius 3 is 2.47 bits per heavy atom. The molecule has 0 atom stereocenters. The summed E-state index contributed by atoms with van der Waals surface area (Å²) in [6.07, 6.45) is 3.46. The molecule has 0 amide bonds. The summed E-state index contributed by atoms with van der Waals surface area (Å²) in [7, 11) is 1.57. The van der Waals surface area contributed by atoms with Crippen LogP contribution in [0.2, 0.25) is 0 Å². The third-order valence-electron chi connectivity index (χ3n) is 4.58. The summed E-state index contributed by atoms with van der Waals surface area (Å²) in [6.45, 7) is 0.608. The molecule has 0 radical (unpaired) electrons. The molecule has 0 bridgehead atoms. The van der Waals surface area contributed by atoms with Crippen molar-refractivity contribution >= 4 is 17.5 Å². The number of ether oxygens (including phenoxy) is 1. The van der Waals surface area contributed by atoms with E-state index in [9.17, 15) is 4.79 Å². The first-order chi connectivity index (χ1) is 14.8. The molecular formula is C23H20N4O2S. The molecule has 0 aliphatic carbocycles. The Hall–Kier alpha value is -3.45. The van der Waals surface area contributed by atoms with Gasteiger partial charge in [-0.3, -0.25) is 14.3 Å². The number of thioether (sulfide) groups is 1. The van der Waals surface area contributed by atoms with Crippen LogP contribution in [-0.4, -0.2) is 38.4 Å². The van der Waals surface area contributed by atoms with Gasteiger partial charge in [-0.05, 0) is 29.8 Å². The zero-order valence-electron chi connectivity index (χ0n) is 16.4. The van der Waals surface area contributed by atoms with Crippen LogP contribution in [0.3, 0.4) is 0 Å². The van der Waals surface area contributed by atoms with Crippen molar-refractivity contribution in [3.05, 3.63) is 90.3 Å². The van der Waals surface area contributed by atoms with E-state index in [1.54, 1.807) is 31.6 Å². The third kappa shape index (κ3) is 4.41. The summed E-state index contributed by atoms with van der Waals surface area (Å²) in [5.41, 5.74) is 2.62. The van der Waals surface area contributed by atoms with Gasteiger partial charge in [0.1, 0.15) is 5.75 Å². The minimum Gasteiger partial charge on any atom is -0.496 e. The van der Waals surface area contributed by atoms with E-state index < -0.39 is 0 Å². The van der Waals surface area contributed by atoms with Crippen LogP contribution in [0, 0.1) is 0 Å². The van der Waals surface area contributed by atoms with Gasteiger partial charge in [0, 0.05) is 18.0 Å². The Morgan fingerprint density at radius 1 is 0.967 bits per heavy atom. The predicted molar refractivity (Wildman–Crippen MR) is 117 cm³/mol. The molecular weight excluding hydrogens is 396 g/mol. The Morgan fingerprint density at radius 2 is 1.70 bits per heavy atom. The van der Waals surface area contributed by atoms with E-state index in [0.29, 0.717) is 23.0 Å². The molecule has 4 aromatic rings. The van der Waals surface area contributed by atoms with Crippen molar-refractivity contribution in [2.24, 2.45) is 0 Å². The number of Topliss-reactive ketones (excluding diaryl/α,β-unsaturated/α-hetero) is 1. The van der Waals surface area contributed by atoms with E-state index in [2.05, 4.69) is 27.3 Å². The van der Waals surface area contributed by atoms with E-state index in [1.165, 1.54) is 11.8 Å². The van der Waals surface area contributed by atoms with Gasteiger partial charge in [-0.2, -0.15) is 0 Å². The third-order valence-corrected chi connectivity index (χ3v) is 5.55. The van der Waals surface area contributed by atoms with E-state index in [1.807, 2.05) is 47.0 Å². The zero-order valence-corrected chi connectivity index (χ0v) is 17.2. The Bertz CT molecular complexity index is 1130. The van der Waals surface area contributed by atoms with Crippen molar-refractivity contribution in [3.63, 3.8) is 0 Å². The van der Waals surface area contributed by atoms with Gasteiger partial charge in [0.15, 0.2) is 16.8 Å². The highest BCUT2D eigenvalue weighted by Crippen LogP contribution is 2.27. The molecule has 0 spiro atoms. The van der Waals surface area contributed by atoms with E-state index in [-0.39, 0.29) is 11.5 Å². The molecule has 4 rings (SSSR count). The van der Waals surface area contributed by atoms with Crippen molar-refractivity contribution in [2.75, 3.05) is 12.9 Å². The van der Waals surface area contributed by atoms with Gasteiger partial charge in [0.2, 0.25) is 0 Å². The second-order valence-corrected chi connectivity index (χ2v) is 7.47. The fourth-order valence-electron chi connectivity index (χ4n) is 3.10. The number of benzene rings is 2. The van der Waals surface area contributed by atoms with E-state index in [0.717, 1.165) is 17.0 Å². The largest absolute Gasteiger partial charge is 0.496 e. The predicted octanol–water partition coefficient (Wildman–Crippen LogP) is 4.37. The molecule has 0 aliphatic heterocycles. The molecule has 2 aromatic carbocycles. The lowest BCUT2D eigenvalue weighted by Gasteiger charge is -2.11. The molecule has 7 heteroatoms. The second-order valence-electron chi connectivity index (χ2n) is 6.53. The fourth-order valence-corrected chi connectivity index (χ4v) is 3.92. The molecule has 150 valence electrons. The van der Waals surface area contributed by atoms with Crippen LogP contribution in [0.1, 0.15) is 15.9 Å². The van der Waals surface area contributed by atoms with Crippen molar-refractivity contribution in [1.82, 2.24) is 19.7 Å². The average Bonchev–Trinajstić information content (AvgIpc) is 3.21. The van der Waals surface area contributed by atoms with Gasteiger partial charge in [-0.25, -0.2) is 0 Å². The van der Waals surface area contributed by atoms with Crippen LogP contribution in [0.25, 0.3) is 11.4 Å². The molecule has 2 heterocycles. The monoisotopic (exact) mass is 416 g/mol. The van der Waals surface area contributed by atoms with Crippen molar-refractivity contribution in [3.8, 4) is 17.1 Å². The van der Waals surface area contributed by atoms with E-state index in [4.69, 9.17) is 4.74 Å². The number of pyridine rings is 1. The lowest BCUT2D eigenvalue weighted by atomic mass is 10.1. The quantitative estimate of drug-likeness (QED) is 0.314. The van der Waals surface area contributed by atoms with Crippen molar-refractivity contribution in [2.45, 2.75) is 11.7 Å². The lowest BCUT2D eigenvalue weighted by molar-refractivity contribution is 0.101. The summed E-state index contributed by atoms with van der Waals surface area (Å²) in [6, 6.07) is 21.2. The topological polar surface area (TPSA) is 69.9 Å². The molecule has 0 fully saturated rings. The zero-order chi connectivity index (χ0) is 20.8. The number of carbonyl (C=O) groups excluding carboxylic acids is 1. The number of hydrogen-bond acceptors (Lipinski definition) is 6. The number of rotatable bonds is 8. The minimum absolute atomic E-state index is 0.0165. The Kier molecular flexibility index (Phi) is 6.20. The summed E-state index contributed by atoms with van der Waals surface area (Å²) in [4.78, 5) is 16.9. The fraction of sp³-hybridized carbons (Fsp3) is 0.130. The minimum atomic E-state index is -0.0165. The van der Waals surface area contributed by atoms with Crippen LogP contribution in [0.5, 0.6) is 5.75 Å². The smallest absolute Gasteiger partial charge is 0.192 e. The molecule has 0 unspecified atom stereocenters. The maximum atomic E-state index is 12.8. The van der Waals surface area contributed by atoms with Crippen LogP contribution in [0.4, 0.5) is 0 Å². The van der Waals surface area contributed by atoms with Gasteiger partial charge in [-0.15, -0.1) is 10.2 Å². The molecule has 2 aromatic heterocycles. The maximum absolute atomic E-state index is 12.8. The average molecular weight is 417 g/mol. The molecule has 6 nitrogen and oxygen atoms in total. The Labute approximate surface area is 179 Å². The SMILES string of the molecule is COc1ccccc1C(=O)CSc1nnc(-c2ccncc2)n1Cc1ccccc1. The lowest BCUT2D eigenvalue weighted by Crippen LogP contribution is -2.08. The summed E-state index contributed by atoms with van der Waals surface area (Å²) in [5.74, 6) is 1.54. The van der Waals surface area contributed by atoms with E-state index >= 15 is 0 Å². The number of nitrogens with zero attached hydrogens (tertiary/aromatic N) is 4. The molecule has 0 saturated carbocycles. The highest BCUT2D eigenvalue weighted by molar-refractivity contribution is 7.99. The molecule has 30 heavy (non-hydrogen) atoms.